The first kappa shape index (κ1) is 13.2. The quantitative estimate of drug-likeness (QED) is 0.893. The summed E-state index contributed by atoms with van der Waals surface area (Å²) in [5, 5.41) is 13.5. The van der Waals surface area contributed by atoms with Gasteiger partial charge in [0, 0.05) is 13.6 Å². The number of hydrogen-bond donors (Lipinski definition) is 1. The number of rotatable bonds is 5. The SMILES string of the molecule is CCN(Cc1ccco1)c1c(C(=O)O)c(C)nn1C. The third kappa shape index (κ3) is 2.47. The molecule has 0 aliphatic carbocycles. The van der Waals surface area contributed by atoms with Crippen molar-refractivity contribution < 1.29 is 14.3 Å². The lowest BCUT2D eigenvalue weighted by atomic mass is 10.2. The molecule has 0 fully saturated rings. The van der Waals surface area contributed by atoms with Gasteiger partial charge in [-0.05, 0) is 26.0 Å². The number of carbonyl (C=O) groups is 1. The van der Waals surface area contributed by atoms with E-state index in [2.05, 4.69) is 5.10 Å². The topological polar surface area (TPSA) is 71.5 Å². The van der Waals surface area contributed by atoms with Crippen LogP contribution in [0.15, 0.2) is 22.8 Å². The zero-order valence-corrected chi connectivity index (χ0v) is 11.3. The lowest BCUT2D eigenvalue weighted by Crippen LogP contribution is -2.26. The smallest absolute Gasteiger partial charge is 0.341 e. The molecule has 0 saturated carbocycles. The third-order valence-electron chi connectivity index (χ3n) is 3.01. The van der Waals surface area contributed by atoms with Crippen LogP contribution < -0.4 is 4.90 Å². The molecule has 0 unspecified atom stereocenters. The van der Waals surface area contributed by atoms with Gasteiger partial charge in [-0.2, -0.15) is 5.10 Å². The van der Waals surface area contributed by atoms with Crippen molar-refractivity contribution in [1.82, 2.24) is 9.78 Å². The lowest BCUT2D eigenvalue weighted by Gasteiger charge is -2.22. The Morgan fingerprint density at radius 3 is 2.84 bits per heavy atom. The van der Waals surface area contributed by atoms with Crippen molar-refractivity contribution in [2.24, 2.45) is 7.05 Å². The number of anilines is 1. The van der Waals surface area contributed by atoms with Crippen molar-refractivity contribution in [3.8, 4) is 0 Å². The Balaban J connectivity index is 2.40. The van der Waals surface area contributed by atoms with Crippen molar-refractivity contribution in [2.75, 3.05) is 11.4 Å². The van der Waals surface area contributed by atoms with Gasteiger partial charge in [-0.15, -0.1) is 0 Å². The van der Waals surface area contributed by atoms with Crippen LogP contribution in [0.3, 0.4) is 0 Å². The number of carboxylic acid groups (broad SMARTS) is 1. The number of aromatic nitrogens is 2. The fraction of sp³-hybridized carbons (Fsp3) is 0.385. The second-order valence-electron chi connectivity index (χ2n) is 4.31. The molecule has 0 aliphatic heterocycles. The van der Waals surface area contributed by atoms with Gasteiger partial charge in [-0.1, -0.05) is 0 Å². The van der Waals surface area contributed by atoms with Gasteiger partial charge in [0.15, 0.2) is 0 Å². The van der Waals surface area contributed by atoms with E-state index in [1.807, 2.05) is 24.0 Å². The van der Waals surface area contributed by atoms with Crippen LogP contribution in [0.1, 0.15) is 28.7 Å². The van der Waals surface area contributed by atoms with Crippen LogP contribution in [0, 0.1) is 6.92 Å². The first-order valence-corrected chi connectivity index (χ1v) is 6.08. The Hall–Kier alpha value is -2.24. The highest BCUT2D eigenvalue weighted by molar-refractivity contribution is 5.94. The number of aromatic carboxylic acids is 1. The van der Waals surface area contributed by atoms with E-state index in [0.717, 1.165) is 5.76 Å². The number of hydrogen-bond acceptors (Lipinski definition) is 4. The molecule has 2 aromatic heterocycles. The van der Waals surface area contributed by atoms with Gasteiger partial charge in [0.25, 0.3) is 0 Å². The van der Waals surface area contributed by atoms with Gasteiger partial charge < -0.3 is 14.4 Å². The molecule has 0 saturated heterocycles. The fourth-order valence-electron chi connectivity index (χ4n) is 2.19. The molecule has 6 heteroatoms. The second-order valence-corrected chi connectivity index (χ2v) is 4.31. The van der Waals surface area contributed by atoms with E-state index in [1.165, 1.54) is 0 Å². The van der Waals surface area contributed by atoms with E-state index in [1.54, 1.807) is 24.9 Å². The monoisotopic (exact) mass is 263 g/mol. The van der Waals surface area contributed by atoms with Gasteiger partial charge in [-0.3, -0.25) is 4.68 Å². The summed E-state index contributed by atoms with van der Waals surface area (Å²) in [6.07, 6.45) is 1.61. The van der Waals surface area contributed by atoms with E-state index < -0.39 is 5.97 Å². The van der Waals surface area contributed by atoms with Crippen molar-refractivity contribution in [3.05, 3.63) is 35.4 Å². The third-order valence-corrected chi connectivity index (χ3v) is 3.01. The predicted octanol–water partition coefficient (Wildman–Crippen LogP) is 2.05. The normalized spacial score (nSPS) is 10.7. The maximum absolute atomic E-state index is 11.4. The Morgan fingerprint density at radius 1 is 1.58 bits per heavy atom. The molecule has 2 rings (SSSR count). The highest BCUT2D eigenvalue weighted by Gasteiger charge is 2.24. The Kier molecular flexibility index (Phi) is 3.59. The molecule has 0 spiro atoms. The van der Waals surface area contributed by atoms with Crippen LogP contribution >= 0.6 is 0 Å². The average Bonchev–Trinajstić information content (AvgIpc) is 2.93. The van der Waals surface area contributed by atoms with E-state index >= 15 is 0 Å². The highest BCUT2D eigenvalue weighted by Crippen LogP contribution is 2.24. The minimum atomic E-state index is -0.960. The van der Waals surface area contributed by atoms with Gasteiger partial charge in [0.2, 0.25) is 0 Å². The van der Waals surface area contributed by atoms with Crippen LogP contribution in [0.2, 0.25) is 0 Å². The molecule has 1 N–H and O–H groups in total. The van der Waals surface area contributed by atoms with Crippen LogP contribution in [0.5, 0.6) is 0 Å². The Bertz CT molecular complexity index is 572. The van der Waals surface area contributed by atoms with E-state index in [0.29, 0.717) is 24.6 Å². The van der Waals surface area contributed by atoms with Gasteiger partial charge >= 0.3 is 5.97 Å². The van der Waals surface area contributed by atoms with Gasteiger partial charge in [0.1, 0.15) is 17.1 Å². The summed E-state index contributed by atoms with van der Waals surface area (Å²) in [6.45, 7) is 4.85. The Morgan fingerprint density at radius 2 is 2.32 bits per heavy atom. The van der Waals surface area contributed by atoms with Gasteiger partial charge in [-0.25, -0.2) is 4.79 Å². The van der Waals surface area contributed by atoms with Crippen molar-refractivity contribution in [1.29, 1.82) is 0 Å². The first-order valence-electron chi connectivity index (χ1n) is 6.08. The summed E-state index contributed by atoms with van der Waals surface area (Å²) in [7, 11) is 1.75. The van der Waals surface area contributed by atoms with Crippen LogP contribution in [-0.4, -0.2) is 27.4 Å². The molecular weight excluding hydrogens is 246 g/mol. The van der Waals surface area contributed by atoms with Crippen LogP contribution in [0.4, 0.5) is 5.82 Å². The van der Waals surface area contributed by atoms with Crippen LogP contribution in [0.25, 0.3) is 0 Å². The van der Waals surface area contributed by atoms with Crippen molar-refractivity contribution in [3.63, 3.8) is 0 Å². The zero-order valence-electron chi connectivity index (χ0n) is 11.3. The highest BCUT2D eigenvalue weighted by atomic mass is 16.4. The molecule has 0 atom stereocenters. The number of carboxylic acids is 1. The summed E-state index contributed by atoms with van der Waals surface area (Å²) in [5.41, 5.74) is 0.763. The summed E-state index contributed by atoms with van der Waals surface area (Å²) >= 11 is 0. The zero-order chi connectivity index (χ0) is 14.0. The molecule has 19 heavy (non-hydrogen) atoms. The van der Waals surface area contributed by atoms with Gasteiger partial charge in [0.05, 0.1) is 18.5 Å². The standard InChI is InChI=1S/C13H17N3O3/c1-4-16(8-10-6-5-7-19-10)12-11(13(17)18)9(2)14-15(12)3/h5-7H,4,8H2,1-3H3,(H,17,18). The first-order chi connectivity index (χ1) is 9.04. The minimum Gasteiger partial charge on any atom is -0.477 e. The summed E-state index contributed by atoms with van der Waals surface area (Å²) in [4.78, 5) is 13.3. The van der Waals surface area contributed by atoms with E-state index in [4.69, 9.17) is 4.42 Å². The summed E-state index contributed by atoms with van der Waals surface area (Å²) in [6, 6.07) is 3.68. The molecule has 0 amide bonds. The van der Waals surface area contributed by atoms with Crippen molar-refractivity contribution >= 4 is 11.8 Å². The van der Waals surface area contributed by atoms with E-state index in [-0.39, 0.29) is 5.56 Å². The number of nitrogens with zero attached hydrogens (tertiary/aromatic N) is 3. The molecule has 0 bridgehead atoms. The van der Waals surface area contributed by atoms with E-state index in [9.17, 15) is 9.90 Å². The molecular formula is C13H17N3O3. The second kappa shape index (κ2) is 5.17. The number of aryl methyl sites for hydroxylation is 2. The lowest BCUT2D eigenvalue weighted by molar-refractivity contribution is 0.0696. The van der Waals surface area contributed by atoms with Crippen molar-refractivity contribution in [2.45, 2.75) is 20.4 Å². The average molecular weight is 263 g/mol. The minimum absolute atomic E-state index is 0.246. The summed E-state index contributed by atoms with van der Waals surface area (Å²) in [5.74, 6) is 0.430. The number of furan rings is 1. The molecule has 2 heterocycles. The molecule has 0 aromatic carbocycles. The molecule has 102 valence electrons. The molecule has 0 radical (unpaired) electrons. The van der Waals surface area contributed by atoms with Crippen LogP contribution in [-0.2, 0) is 13.6 Å². The maximum Gasteiger partial charge on any atom is 0.341 e. The molecule has 6 nitrogen and oxygen atoms in total. The maximum atomic E-state index is 11.4. The summed E-state index contributed by atoms with van der Waals surface area (Å²) < 4.78 is 6.92. The molecule has 0 aliphatic rings. The molecule has 2 aromatic rings. The Labute approximate surface area is 111 Å². The predicted molar refractivity (Wildman–Crippen MR) is 70.3 cm³/mol. The largest absolute Gasteiger partial charge is 0.477 e. The fourth-order valence-corrected chi connectivity index (χ4v) is 2.19.